The zero-order chi connectivity index (χ0) is 14.4. The summed E-state index contributed by atoms with van der Waals surface area (Å²) < 4.78 is 11.4. The van der Waals surface area contributed by atoms with E-state index in [-0.39, 0.29) is 17.6 Å². The van der Waals surface area contributed by atoms with Gasteiger partial charge in [0, 0.05) is 36.5 Å². The molecule has 110 valence electrons. The summed E-state index contributed by atoms with van der Waals surface area (Å²) in [5.74, 6) is 0.280. The molecule has 2 heterocycles. The van der Waals surface area contributed by atoms with Crippen LogP contribution in [0.3, 0.4) is 0 Å². The quantitative estimate of drug-likeness (QED) is 0.463. The van der Waals surface area contributed by atoms with Gasteiger partial charge in [-0.05, 0) is 28.8 Å². The van der Waals surface area contributed by atoms with Gasteiger partial charge in [-0.15, -0.1) is 0 Å². The molecule has 8 heteroatoms. The molecule has 7 nitrogen and oxygen atoms in total. The first-order valence-corrected chi connectivity index (χ1v) is 7.19. The first-order valence-electron chi connectivity index (χ1n) is 6.40. The van der Waals surface area contributed by atoms with Crippen LogP contribution in [0, 0.1) is 10.1 Å². The van der Waals surface area contributed by atoms with Gasteiger partial charge >= 0.3 is 5.69 Å². The van der Waals surface area contributed by atoms with E-state index in [1.807, 2.05) is 0 Å². The highest BCUT2D eigenvalue weighted by molar-refractivity contribution is 9.10. The molecule has 0 saturated carbocycles. The zero-order valence-electron chi connectivity index (χ0n) is 10.9. The Kier molecular flexibility index (Phi) is 5.69. The molecule has 1 aromatic heterocycles. The van der Waals surface area contributed by atoms with E-state index < -0.39 is 4.92 Å². The third-order valence-corrected chi connectivity index (χ3v) is 3.32. The fourth-order valence-electron chi connectivity index (χ4n) is 1.88. The van der Waals surface area contributed by atoms with E-state index in [0.717, 1.165) is 19.4 Å². The third kappa shape index (κ3) is 4.39. The minimum Gasteiger partial charge on any atom is -0.379 e. The number of aromatic nitrogens is 1. The number of nitro groups is 1. The second-order valence-corrected chi connectivity index (χ2v) is 5.33. The number of ether oxygens (including phenoxy) is 2. The Bertz CT molecular complexity index is 466. The van der Waals surface area contributed by atoms with Gasteiger partial charge in [0.25, 0.3) is 0 Å². The first-order chi connectivity index (χ1) is 9.66. The van der Waals surface area contributed by atoms with Crippen molar-refractivity contribution in [2.45, 2.75) is 18.9 Å². The maximum Gasteiger partial charge on any atom is 0.312 e. The predicted octanol–water partition coefficient (Wildman–Crippen LogP) is 2.36. The second kappa shape index (κ2) is 7.51. The highest BCUT2D eigenvalue weighted by atomic mass is 79.9. The van der Waals surface area contributed by atoms with Crippen LogP contribution in [0.2, 0.25) is 0 Å². The summed E-state index contributed by atoms with van der Waals surface area (Å²) in [5.41, 5.74) is -0.0375. The molecule has 0 spiro atoms. The van der Waals surface area contributed by atoms with Crippen molar-refractivity contribution in [1.29, 1.82) is 0 Å². The second-order valence-electron chi connectivity index (χ2n) is 4.42. The third-order valence-electron chi connectivity index (χ3n) is 2.89. The summed E-state index contributed by atoms with van der Waals surface area (Å²) in [6, 6.07) is 1.43. The van der Waals surface area contributed by atoms with Gasteiger partial charge in [0.2, 0.25) is 5.82 Å². The summed E-state index contributed by atoms with van der Waals surface area (Å²) in [6.45, 7) is 2.60. The van der Waals surface area contributed by atoms with Crippen LogP contribution in [-0.4, -0.2) is 42.4 Å². The monoisotopic (exact) mass is 345 g/mol. The molecule has 20 heavy (non-hydrogen) atoms. The van der Waals surface area contributed by atoms with Gasteiger partial charge in [-0.25, -0.2) is 4.98 Å². The summed E-state index contributed by atoms with van der Waals surface area (Å²) in [4.78, 5) is 14.5. The van der Waals surface area contributed by atoms with Crippen molar-refractivity contribution in [3.8, 4) is 0 Å². The number of halogens is 1. The van der Waals surface area contributed by atoms with Crippen molar-refractivity contribution in [1.82, 2.24) is 4.98 Å². The van der Waals surface area contributed by atoms with Crippen LogP contribution in [0.4, 0.5) is 11.5 Å². The molecule has 1 unspecified atom stereocenters. The van der Waals surface area contributed by atoms with Crippen molar-refractivity contribution >= 4 is 27.4 Å². The van der Waals surface area contributed by atoms with Gasteiger partial charge < -0.3 is 14.8 Å². The van der Waals surface area contributed by atoms with Crippen LogP contribution in [0.1, 0.15) is 12.8 Å². The molecule has 1 N–H and O–H groups in total. The Balaban J connectivity index is 1.74. The summed E-state index contributed by atoms with van der Waals surface area (Å²) >= 11 is 3.17. The molecule has 1 aromatic rings. The minimum atomic E-state index is -0.452. The van der Waals surface area contributed by atoms with E-state index in [1.165, 1.54) is 12.3 Å². The highest BCUT2D eigenvalue weighted by Gasteiger charge is 2.16. The average molecular weight is 346 g/mol. The molecular weight excluding hydrogens is 330 g/mol. The van der Waals surface area contributed by atoms with Gasteiger partial charge in [-0.3, -0.25) is 10.1 Å². The fourth-order valence-corrected chi connectivity index (χ4v) is 2.20. The standard InChI is InChI=1S/C12H16BrN3O4/c13-9-6-11(16(17)18)12(15-7-9)14-3-1-4-20-10-2-5-19-8-10/h6-7,10H,1-5,8H2,(H,14,15). The molecule has 0 aromatic carbocycles. The van der Waals surface area contributed by atoms with Crippen LogP contribution in [-0.2, 0) is 9.47 Å². The molecule has 1 aliphatic heterocycles. The summed E-state index contributed by atoms with van der Waals surface area (Å²) in [6.07, 6.45) is 3.41. The van der Waals surface area contributed by atoms with Gasteiger partial charge in [0.15, 0.2) is 0 Å². The molecule has 1 fully saturated rings. The number of rotatable bonds is 7. The Morgan fingerprint density at radius 3 is 3.20 bits per heavy atom. The van der Waals surface area contributed by atoms with E-state index in [0.29, 0.717) is 24.2 Å². The minimum absolute atomic E-state index is 0.0375. The number of nitrogens with one attached hydrogen (secondary N) is 1. The zero-order valence-corrected chi connectivity index (χ0v) is 12.5. The maximum absolute atomic E-state index is 10.9. The van der Waals surface area contributed by atoms with Crippen LogP contribution < -0.4 is 5.32 Å². The lowest BCUT2D eigenvalue weighted by Crippen LogP contribution is -2.15. The molecular formula is C12H16BrN3O4. The molecule has 0 amide bonds. The Labute approximate surface area is 124 Å². The Morgan fingerprint density at radius 2 is 2.50 bits per heavy atom. The molecule has 1 aliphatic rings. The lowest BCUT2D eigenvalue weighted by molar-refractivity contribution is -0.384. The predicted molar refractivity (Wildman–Crippen MR) is 76.9 cm³/mol. The maximum atomic E-state index is 10.9. The van der Waals surface area contributed by atoms with Crippen LogP contribution in [0.25, 0.3) is 0 Å². The average Bonchev–Trinajstić information content (AvgIpc) is 2.92. The van der Waals surface area contributed by atoms with Gasteiger partial charge in [0.1, 0.15) is 0 Å². The van der Waals surface area contributed by atoms with E-state index in [2.05, 4.69) is 26.2 Å². The van der Waals surface area contributed by atoms with E-state index in [9.17, 15) is 10.1 Å². The largest absolute Gasteiger partial charge is 0.379 e. The lowest BCUT2D eigenvalue weighted by atomic mass is 10.3. The number of hydrogen-bond donors (Lipinski definition) is 1. The van der Waals surface area contributed by atoms with Crippen LogP contribution in [0.5, 0.6) is 0 Å². The lowest BCUT2D eigenvalue weighted by Gasteiger charge is -2.10. The number of nitrogens with zero attached hydrogens (tertiary/aromatic N) is 2. The van der Waals surface area contributed by atoms with Crippen molar-refractivity contribution < 1.29 is 14.4 Å². The van der Waals surface area contributed by atoms with Crippen molar-refractivity contribution in [3.05, 3.63) is 26.9 Å². The summed E-state index contributed by atoms with van der Waals surface area (Å²) in [7, 11) is 0. The van der Waals surface area contributed by atoms with Gasteiger partial charge in [0.05, 0.1) is 17.6 Å². The smallest absolute Gasteiger partial charge is 0.312 e. The van der Waals surface area contributed by atoms with Crippen molar-refractivity contribution in [2.24, 2.45) is 0 Å². The molecule has 0 radical (unpaired) electrons. The number of hydrogen-bond acceptors (Lipinski definition) is 6. The van der Waals surface area contributed by atoms with Crippen molar-refractivity contribution in [2.75, 3.05) is 31.7 Å². The molecule has 1 atom stereocenters. The first kappa shape index (κ1) is 15.1. The van der Waals surface area contributed by atoms with Crippen molar-refractivity contribution in [3.63, 3.8) is 0 Å². The Hall–Kier alpha value is -1.25. The normalized spacial score (nSPS) is 18.1. The van der Waals surface area contributed by atoms with Gasteiger partial charge in [-0.1, -0.05) is 0 Å². The SMILES string of the molecule is O=[N+]([O-])c1cc(Br)cnc1NCCCOC1CCOC1. The van der Waals surface area contributed by atoms with Crippen LogP contribution >= 0.6 is 15.9 Å². The number of anilines is 1. The van der Waals surface area contributed by atoms with E-state index in [4.69, 9.17) is 9.47 Å². The van der Waals surface area contributed by atoms with Crippen LogP contribution in [0.15, 0.2) is 16.7 Å². The highest BCUT2D eigenvalue weighted by Crippen LogP contribution is 2.25. The van der Waals surface area contributed by atoms with E-state index in [1.54, 1.807) is 0 Å². The topological polar surface area (TPSA) is 86.5 Å². The van der Waals surface area contributed by atoms with Gasteiger partial charge in [-0.2, -0.15) is 0 Å². The molecule has 0 bridgehead atoms. The number of pyridine rings is 1. The Morgan fingerprint density at radius 1 is 1.65 bits per heavy atom. The fraction of sp³-hybridized carbons (Fsp3) is 0.583. The summed E-state index contributed by atoms with van der Waals surface area (Å²) in [5, 5.41) is 13.9. The molecule has 1 saturated heterocycles. The molecule has 0 aliphatic carbocycles. The van der Waals surface area contributed by atoms with E-state index >= 15 is 0 Å². The molecule has 2 rings (SSSR count).